The maximum absolute atomic E-state index is 12.5. The Morgan fingerprint density at radius 1 is 0.976 bits per heavy atom. The normalized spacial score (nSPS) is 15.6. The first-order valence-electron chi connectivity index (χ1n) is 14.5. The molecule has 8 heteroatoms. The summed E-state index contributed by atoms with van der Waals surface area (Å²) in [5.74, 6) is 0.956. The molecule has 4 aromatic rings. The molecule has 6 rings (SSSR count). The van der Waals surface area contributed by atoms with Crippen LogP contribution < -0.4 is 21.1 Å². The predicted octanol–water partition coefficient (Wildman–Crippen LogP) is 7.29. The Bertz CT molecular complexity index is 1540. The second-order valence-electron chi connectivity index (χ2n) is 11.1. The Labute approximate surface area is 239 Å². The van der Waals surface area contributed by atoms with Crippen molar-refractivity contribution in [2.45, 2.75) is 57.6 Å². The molecule has 41 heavy (non-hydrogen) atoms. The lowest BCUT2D eigenvalue weighted by atomic mass is 9.92. The second-order valence-corrected chi connectivity index (χ2v) is 11.1. The molecule has 8 nitrogen and oxygen atoms in total. The number of fused-ring (bicyclic) bond motifs is 1. The highest BCUT2D eigenvalue weighted by molar-refractivity contribution is 6.02. The van der Waals surface area contributed by atoms with Gasteiger partial charge in [-0.1, -0.05) is 42.5 Å². The van der Waals surface area contributed by atoms with Crippen molar-refractivity contribution >= 4 is 34.5 Å². The molecule has 2 aliphatic rings. The third-order valence-corrected chi connectivity index (χ3v) is 8.17. The van der Waals surface area contributed by atoms with Crippen molar-refractivity contribution in [3.63, 3.8) is 0 Å². The number of anilines is 2. The number of nitrogens with one attached hydrogen (secondary N) is 2. The van der Waals surface area contributed by atoms with Crippen molar-refractivity contribution in [1.29, 1.82) is 0 Å². The highest BCUT2D eigenvalue weighted by atomic mass is 16.6. The zero-order valence-electron chi connectivity index (χ0n) is 23.3. The van der Waals surface area contributed by atoms with Crippen LogP contribution in [0.2, 0.25) is 0 Å². The number of hydrogen-bond acceptors (Lipinski definition) is 5. The van der Waals surface area contributed by atoms with E-state index in [0.717, 1.165) is 66.2 Å². The molecule has 3 aromatic carbocycles. The average Bonchev–Trinajstić information content (AvgIpc) is 3.75. The number of hydrogen-bond donors (Lipinski definition) is 3. The van der Waals surface area contributed by atoms with Gasteiger partial charge in [0.05, 0.1) is 16.9 Å². The standard InChI is InChI=1S/C33H36N4O4/c1-21(23-10-11-23)40-33(39)36-25-14-12-24(13-15-25)31-30(34)28-17-16-27(20-29(28)37(31)26-8-5-9-26)41-32(38)35-19-18-22-6-3-2-4-7-22/h2-4,6-7,12-17,20-21,23,26H,5,8-11,18-19,34H2,1H3,(H,35,38)(H,36,39)/t21-/m1/s1. The Balaban J connectivity index is 1.19. The molecule has 0 radical (unpaired) electrons. The molecule has 0 unspecified atom stereocenters. The van der Waals surface area contributed by atoms with Crippen LogP contribution in [0.5, 0.6) is 5.75 Å². The highest BCUT2D eigenvalue weighted by Gasteiger charge is 2.31. The molecular weight excluding hydrogens is 516 g/mol. The van der Waals surface area contributed by atoms with Crippen molar-refractivity contribution in [3.05, 3.63) is 78.4 Å². The van der Waals surface area contributed by atoms with Crippen LogP contribution in [0.15, 0.2) is 72.8 Å². The van der Waals surface area contributed by atoms with Crippen LogP contribution >= 0.6 is 0 Å². The molecule has 0 spiro atoms. The molecule has 0 aliphatic heterocycles. The summed E-state index contributed by atoms with van der Waals surface area (Å²) in [5.41, 5.74) is 12.1. The minimum atomic E-state index is -0.483. The summed E-state index contributed by atoms with van der Waals surface area (Å²) in [6.45, 7) is 2.43. The number of amides is 2. The Morgan fingerprint density at radius 2 is 1.73 bits per heavy atom. The number of nitrogens with zero attached hydrogens (tertiary/aromatic N) is 1. The highest BCUT2D eigenvalue weighted by Crippen LogP contribution is 2.45. The predicted molar refractivity (Wildman–Crippen MR) is 161 cm³/mol. The van der Waals surface area contributed by atoms with Crippen LogP contribution in [0.1, 0.15) is 50.6 Å². The van der Waals surface area contributed by atoms with E-state index in [1.54, 1.807) is 6.07 Å². The van der Waals surface area contributed by atoms with Gasteiger partial charge in [-0.2, -0.15) is 0 Å². The number of carbonyl (C=O) groups is 2. The lowest BCUT2D eigenvalue weighted by Gasteiger charge is -2.30. The lowest BCUT2D eigenvalue weighted by Crippen LogP contribution is -2.28. The minimum Gasteiger partial charge on any atom is -0.446 e. The van der Waals surface area contributed by atoms with Gasteiger partial charge in [-0.15, -0.1) is 0 Å². The quantitative estimate of drug-likeness (QED) is 0.202. The van der Waals surface area contributed by atoms with E-state index in [0.29, 0.717) is 35.6 Å². The van der Waals surface area contributed by atoms with Gasteiger partial charge < -0.3 is 25.1 Å². The van der Waals surface area contributed by atoms with Crippen molar-refractivity contribution in [1.82, 2.24) is 9.88 Å². The Morgan fingerprint density at radius 3 is 2.41 bits per heavy atom. The summed E-state index contributed by atoms with van der Waals surface area (Å²) in [5, 5.41) is 6.59. The second kappa shape index (κ2) is 11.6. The van der Waals surface area contributed by atoms with E-state index in [9.17, 15) is 9.59 Å². The van der Waals surface area contributed by atoms with Crippen molar-refractivity contribution in [2.75, 3.05) is 17.6 Å². The molecule has 1 heterocycles. The van der Waals surface area contributed by atoms with Gasteiger partial charge in [-0.05, 0) is 81.2 Å². The largest absolute Gasteiger partial charge is 0.446 e. The number of carbonyl (C=O) groups excluding carboxylic acids is 2. The van der Waals surface area contributed by atoms with E-state index < -0.39 is 12.2 Å². The molecule has 1 atom stereocenters. The Hall–Kier alpha value is -4.46. The minimum absolute atomic E-state index is 0.0681. The van der Waals surface area contributed by atoms with Gasteiger partial charge in [-0.25, -0.2) is 9.59 Å². The topological polar surface area (TPSA) is 108 Å². The van der Waals surface area contributed by atoms with Gasteiger partial charge in [0, 0.05) is 35.3 Å². The fourth-order valence-electron chi connectivity index (χ4n) is 5.48. The summed E-state index contributed by atoms with van der Waals surface area (Å²) >= 11 is 0. The van der Waals surface area contributed by atoms with E-state index in [2.05, 4.69) is 15.2 Å². The number of rotatable bonds is 9. The molecule has 212 valence electrons. The molecule has 2 aliphatic carbocycles. The van der Waals surface area contributed by atoms with E-state index in [4.69, 9.17) is 15.2 Å². The third-order valence-electron chi connectivity index (χ3n) is 8.17. The van der Waals surface area contributed by atoms with Crippen LogP contribution in [-0.2, 0) is 11.2 Å². The van der Waals surface area contributed by atoms with Crippen LogP contribution in [0.25, 0.3) is 22.2 Å². The van der Waals surface area contributed by atoms with Crippen LogP contribution in [0, 0.1) is 5.92 Å². The molecule has 4 N–H and O–H groups in total. The summed E-state index contributed by atoms with van der Waals surface area (Å²) in [7, 11) is 0. The summed E-state index contributed by atoms with van der Waals surface area (Å²) < 4.78 is 13.4. The smallest absolute Gasteiger partial charge is 0.412 e. The molecular formula is C33H36N4O4. The summed E-state index contributed by atoms with van der Waals surface area (Å²) in [6, 6.07) is 23.6. The van der Waals surface area contributed by atoms with E-state index >= 15 is 0 Å². The molecule has 2 amide bonds. The number of nitrogen functional groups attached to an aromatic ring is 1. The van der Waals surface area contributed by atoms with Gasteiger partial charge in [0.15, 0.2) is 0 Å². The van der Waals surface area contributed by atoms with Gasteiger partial charge in [0.25, 0.3) is 0 Å². The van der Waals surface area contributed by atoms with Gasteiger partial charge >= 0.3 is 12.2 Å². The number of aromatic nitrogens is 1. The monoisotopic (exact) mass is 552 g/mol. The van der Waals surface area contributed by atoms with Crippen LogP contribution in [0.4, 0.5) is 21.0 Å². The number of benzene rings is 3. The zero-order valence-corrected chi connectivity index (χ0v) is 23.3. The first-order valence-corrected chi connectivity index (χ1v) is 14.5. The van der Waals surface area contributed by atoms with Crippen molar-refractivity contribution in [2.24, 2.45) is 5.92 Å². The zero-order chi connectivity index (χ0) is 28.3. The lowest BCUT2D eigenvalue weighted by molar-refractivity contribution is 0.108. The van der Waals surface area contributed by atoms with E-state index in [-0.39, 0.29) is 6.10 Å². The maximum Gasteiger partial charge on any atom is 0.412 e. The molecule has 2 saturated carbocycles. The van der Waals surface area contributed by atoms with Crippen LogP contribution in [0.3, 0.4) is 0 Å². The average molecular weight is 553 g/mol. The molecule has 0 saturated heterocycles. The van der Waals surface area contributed by atoms with E-state index in [1.807, 2.05) is 73.7 Å². The molecule has 1 aromatic heterocycles. The van der Waals surface area contributed by atoms with Crippen molar-refractivity contribution in [3.8, 4) is 17.0 Å². The fourth-order valence-corrected chi connectivity index (χ4v) is 5.48. The summed E-state index contributed by atoms with van der Waals surface area (Å²) in [6.07, 6.45) is 5.27. The molecule has 2 fully saturated rings. The first-order chi connectivity index (χ1) is 20.0. The van der Waals surface area contributed by atoms with Gasteiger partial charge in [0.2, 0.25) is 0 Å². The van der Waals surface area contributed by atoms with Crippen molar-refractivity contribution < 1.29 is 19.1 Å². The molecule has 0 bridgehead atoms. The van der Waals surface area contributed by atoms with Gasteiger partial charge in [-0.3, -0.25) is 5.32 Å². The van der Waals surface area contributed by atoms with Crippen LogP contribution in [-0.4, -0.2) is 29.4 Å². The number of nitrogens with two attached hydrogens (primary N) is 1. The summed E-state index contributed by atoms with van der Waals surface area (Å²) in [4.78, 5) is 24.8. The number of ether oxygens (including phenoxy) is 2. The van der Waals surface area contributed by atoms with Gasteiger partial charge in [0.1, 0.15) is 11.9 Å². The fraction of sp³-hybridized carbons (Fsp3) is 0.333. The first kappa shape index (κ1) is 26.7. The maximum atomic E-state index is 12.5. The SMILES string of the molecule is C[C@@H](OC(=O)Nc1ccc(-c2c(N)c3ccc(OC(=O)NCCc4ccccc4)cc3n2C2CCC2)cc1)C1CC1. The van der Waals surface area contributed by atoms with E-state index in [1.165, 1.54) is 0 Å². The third kappa shape index (κ3) is 6.01. The Kier molecular flexibility index (Phi) is 7.55.